The molecule has 1 aliphatic carbocycles. The van der Waals surface area contributed by atoms with Crippen LogP contribution in [0.25, 0.3) is 0 Å². The average Bonchev–Trinajstić information content (AvgIpc) is 2.63. The highest BCUT2D eigenvalue weighted by Crippen LogP contribution is 2.29. The minimum atomic E-state index is -4.41. The minimum Gasteiger partial charge on any atom is -0.460 e. The lowest BCUT2D eigenvalue weighted by molar-refractivity contribution is -0.137. The number of nitrogens with one attached hydrogen (secondary N) is 1. The van der Waals surface area contributed by atoms with E-state index in [-0.39, 0.29) is 23.6 Å². The quantitative estimate of drug-likeness (QED) is 0.899. The maximum atomic E-state index is 12.6. The first-order valence-electron chi connectivity index (χ1n) is 8.33. The summed E-state index contributed by atoms with van der Waals surface area (Å²) in [6, 6.07) is 6.24. The lowest BCUT2D eigenvalue weighted by Gasteiger charge is -2.28. The van der Waals surface area contributed by atoms with Crippen molar-refractivity contribution in [2.45, 2.75) is 44.0 Å². The van der Waals surface area contributed by atoms with Gasteiger partial charge >= 0.3 is 12.2 Å². The third-order valence-electron chi connectivity index (χ3n) is 4.30. The Morgan fingerprint density at radius 2 is 1.65 bits per heavy atom. The van der Waals surface area contributed by atoms with Crippen LogP contribution in [0, 0.1) is 0 Å². The molecule has 0 bridgehead atoms. The summed E-state index contributed by atoms with van der Waals surface area (Å²) in [4.78, 5) is 20.2. The summed E-state index contributed by atoms with van der Waals surface area (Å²) in [5.74, 6) is -0.366. The molecule has 1 aliphatic rings. The Morgan fingerprint density at radius 1 is 1.04 bits per heavy atom. The van der Waals surface area contributed by atoms with Crippen LogP contribution in [0.3, 0.4) is 0 Å². The fourth-order valence-electron chi connectivity index (χ4n) is 2.90. The van der Waals surface area contributed by atoms with Crippen molar-refractivity contribution in [1.82, 2.24) is 15.3 Å². The van der Waals surface area contributed by atoms with Crippen molar-refractivity contribution in [1.29, 1.82) is 0 Å². The second kappa shape index (κ2) is 7.72. The van der Waals surface area contributed by atoms with Gasteiger partial charge in [-0.1, -0.05) is 0 Å². The number of nitrogens with zero attached hydrogens (tertiary/aromatic N) is 2. The van der Waals surface area contributed by atoms with Crippen LogP contribution in [0.5, 0.6) is 6.01 Å². The van der Waals surface area contributed by atoms with Gasteiger partial charge in [0.25, 0.3) is 5.91 Å². The number of alkyl halides is 3. The predicted molar refractivity (Wildman–Crippen MR) is 87.6 cm³/mol. The Bertz CT molecular complexity index is 728. The number of hydrogen-bond donors (Lipinski definition) is 1. The van der Waals surface area contributed by atoms with Crippen molar-refractivity contribution in [2.24, 2.45) is 0 Å². The van der Waals surface area contributed by atoms with Crippen LogP contribution in [0.2, 0.25) is 0 Å². The molecule has 1 saturated carbocycles. The van der Waals surface area contributed by atoms with Gasteiger partial charge in [0.1, 0.15) is 6.10 Å². The first-order valence-corrected chi connectivity index (χ1v) is 8.33. The highest BCUT2D eigenvalue weighted by molar-refractivity contribution is 5.94. The maximum absolute atomic E-state index is 12.6. The topological polar surface area (TPSA) is 64.1 Å². The standard InChI is InChI=1S/C18H18F3N3O2/c19-18(20,21)13-4-2-12(3-5-13)16(25)24-14-6-8-15(9-7-14)26-17-22-10-1-11-23-17/h1-5,10-11,14-15H,6-9H2,(H,24,25). The van der Waals surface area contributed by atoms with E-state index in [2.05, 4.69) is 15.3 Å². The zero-order chi connectivity index (χ0) is 18.6. The molecule has 1 N–H and O–H groups in total. The smallest absolute Gasteiger partial charge is 0.416 e. The number of ether oxygens (including phenoxy) is 1. The molecule has 138 valence electrons. The van der Waals surface area contributed by atoms with Gasteiger partial charge in [-0.15, -0.1) is 0 Å². The first kappa shape index (κ1) is 18.2. The van der Waals surface area contributed by atoms with Crippen molar-refractivity contribution in [2.75, 3.05) is 0 Å². The molecule has 0 atom stereocenters. The van der Waals surface area contributed by atoms with E-state index in [1.807, 2.05) is 0 Å². The summed E-state index contributed by atoms with van der Waals surface area (Å²) in [7, 11) is 0. The van der Waals surface area contributed by atoms with Gasteiger partial charge in [0, 0.05) is 24.0 Å². The fourth-order valence-corrected chi connectivity index (χ4v) is 2.90. The molecule has 5 nitrogen and oxygen atoms in total. The third kappa shape index (κ3) is 4.71. The van der Waals surface area contributed by atoms with Gasteiger partial charge in [0.2, 0.25) is 0 Å². The van der Waals surface area contributed by atoms with Crippen LogP contribution in [-0.4, -0.2) is 28.0 Å². The summed E-state index contributed by atoms with van der Waals surface area (Å²) in [6.07, 6.45) is 1.75. The molecule has 26 heavy (non-hydrogen) atoms. The number of carbonyl (C=O) groups is 1. The van der Waals surface area contributed by atoms with Crippen molar-refractivity contribution in [3.8, 4) is 6.01 Å². The van der Waals surface area contributed by atoms with E-state index in [0.717, 1.165) is 37.8 Å². The summed E-state index contributed by atoms with van der Waals surface area (Å²) >= 11 is 0. The maximum Gasteiger partial charge on any atom is 0.416 e. The molecular weight excluding hydrogens is 347 g/mol. The zero-order valence-electron chi connectivity index (χ0n) is 13.9. The summed E-state index contributed by atoms with van der Waals surface area (Å²) in [6.45, 7) is 0. The van der Waals surface area contributed by atoms with E-state index < -0.39 is 11.7 Å². The molecule has 1 heterocycles. The first-order chi connectivity index (χ1) is 12.4. The Hall–Kier alpha value is -2.64. The number of aromatic nitrogens is 2. The molecule has 0 spiro atoms. The van der Waals surface area contributed by atoms with E-state index in [1.54, 1.807) is 18.5 Å². The Morgan fingerprint density at radius 3 is 2.23 bits per heavy atom. The Kier molecular flexibility index (Phi) is 5.39. The number of amides is 1. The normalized spacial score (nSPS) is 20.4. The van der Waals surface area contributed by atoms with E-state index in [0.29, 0.717) is 6.01 Å². The SMILES string of the molecule is O=C(NC1CCC(Oc2ncccn2)CC1)c1ccc(C(F)(F)F)cc1. The van der Waals surface area contributed by atoms with E-state index >= 15 is 0 Å². The highest BCUT2D eigenvalue weighted by atomic mass is 19.4. The van der Waals surface area contributed by atoms with E-state index in [9.17, 15) is 18.0 Å². The molecule has 0 radical (unpaired) electrons. The van der Waals surface area contributed by atoms with Gasteiger partial charge in [0.15, 0.2) is 0 Å². The van der Waals surface area contributed by atoms with E-state index in [4.69, 9.17) is 4.74 Å². The molecule has 0 aliphatic heterocycles. The van der Waals surface area contributed by atoms with Crippen LogP contribution < -0.4 is 10.1 Å². The summed E-state index contributed by atoms with van der Waals surface area (Å²) < 4.78 is 43.4. The van der Waals surface area contributed by atoms with Gasteiger partial charge in [-0.3, -0.25) is 4.79 Å². The van der Waals surface area contributed by atoms with Crippen LogP contribution in [0.4, 0.5) is 13.2 Å². The average molecular weight is 365 g/mol. The summed E-state index contributed by atoms with van der Waals surface area (Å²) in [5, 5.41) is 2.87. The van der Waals surface area contributed by atoms with Gasteiger partial charge in [-0.2, -0.15) is 13.2 Å². The van der Waals surface area contributed by atoms with Crippen molar-refractivity contribution in [3.05, 3.63) is 53.9 Å². The van der Waals surface area contributed by atoms with Crippen LogP contribution in [0.15, 0.2) is 42.7 Å². The molecule has 3 rings (SSSR count). The van der Waals surface area contributed by atoms with Gasteiger partial charge in [-0.25, -0.2) is 9.97 Å². The zero-order valence-corrected chi connectivity index (χ0v) is 13.9. The van der Waals surface area contributed by atoms with Gasteiger partial charge < -0.3 is 10.1 Å². The molecule has 1 amide bonds. The van der Waals surface area contributed by atoms with Crippen molar-refractivity contribution < 1.29 is 22.7 Å². The van der Waals surface area contributed by atoms with Gasteiger partial charge in [-0.05, 0) is 56.0 Å². The second-order valence-corrected chi connectivity index (χ2v) is 6.17. The Balaban J connectivity index is 1.49. The molecule has 0 unspecified atom stereocenters. The fraction of sp³-hybridized carbons (Fsp3) is 0.389. The largest absolute Gasteiger partial charge is 0.460 e. The molecule has 1 aromatic heterocycles. The van der Waals surface area contributed by atoms with Gasteiger partial charge in [0.05, 0.1) is 5.56 Å². The molecular formula is C18H18F3N3O2. The third-order valence-corrected chi connectivity index (χ3v) is 4.30. The predicted octanol–water partition coefficient (Wildman–Crippen LogP) is 3.62. The van der Waals surface area contributed by atoms with Crippen molar-refractivity contribution >= 4 is 5.91 Å². The number of halogens is 3. The Labute approximate surface area is 148 Å². The van der Waals surface area contributed by atoms with Crippen LogP contribution >= 0.6 is 0 Å². The molecule has 1 fully saturated rings. The van der Waals surface area contributed by atoms with E-state index in [1.165, 1.54) is 12.1 Å². The molecule has 8 heteroatoms. The number of benzene rings is 1. The number of hydrogen-bond acceptors (Lipinski definition) is 4. The number of rotatable bonds is 4. The number of carbonyl (C=O) groups excluding carboxylic acids is 1. The lowest BCUT2D eigenvalue weighted by Crippen LogP contribution is -2.39. The monoisotopic (exact) mass is 365 g/mol. The van der Waals surface area contributed by atoms with Crippen LogP contribution in [-0.2, 0) is 6.18 Å². The molecule has 0 saturated heterocycles. The highest BCUT2D eigenvalue weighted by Gasteiger charge is 2.30. The van der Waals surface area contributed by atoms with Crippen LogP contribution in [0.1, 0.15) is 41.6 Å². The summed E-state index contributed by atoms with van der Waals surface area (Å²) in [5.41, 5.74) is -0.552. The molecule has 2 aromatic rings. The second-order valence-electron chi connectivity index (χ2n) is 6.17. The molecule has 1 aromatic carbocycles. The van der Waals surface area contributed by atoms with Crippen molar-refractivity contribution in [3.63, 3.8) is 0 Å². The minimum absolute atomic E-state index is 0.00313. The lowest BCUT2D eigenvalue weighted by atomic mass is 9.92.